The summed E-state index contributed by atoms with van der Waals surface area (Å²) in [4.78, 5) is 19.8. The highest BCUT2D eigenvalue weighted by molar-refractivity contribution is 6.05. The molecule has 0 aliphatic carbocycles. The van der Waals surface area contributed by atoms with Crippen molar-refractivity contribution >= 4 is 28.2 Å². The van der Waals surface area contributed by atoms with Crippen molar-refractivity contribution in [2.24, 2.45) is 5.92 Å². The molecular weight excluding hydrogens is 472 g/mol. The van der Waals surface area contributed by atoms with E-state index in [1.54, 1.807) is 6.20 Å². The van der Waals surface area contributed by atoms with E-state index in [0.29, 0.717) is 13.0 Å². The maximum Gasteiger partial charge on any atom is 0.350 e. The molecule has 2 unspecified atom stereocenters. The molecule has 6 heteroatoms. The molecule has 0 saturated heterocycles. The molecule has 0 spiro atoms. The second-order valence-corrected chi connectivity index (χ2v) is 10.2. The SMILES string of the molecule is CCCC(C)C1(C(=O)O)Nc2cnc3cc(Cc4ccc(CC#N)cc4)ccc3c2N1Cc1ccccc1. The molecule has 0 radical (unpaired) electrons. The molecule has 0 bridgehead atoms. The van der Waals surface area contributed by atoms with E-state index in [1.165, 1.54) is 0 Å². The first-order chi connectivity index (χ1) is 18.5. The Bertz CT molecular complexity index is 1490. The summed E-state index contributed by atoms with van der Waals surface area (Å²) < 4.78 is 0. The van der Waals surface area contributed by atoms with E-state index in [0.717, 1.165) is 63.8 Å². The molecular formula is C32H32N4O2. The maximum atomic E-state index is 13.0. The van der Waals surface area contributed by atoms with E-state index in [1.807, 2.05) is 54.3 Å². The van der Waals surface area contributed by atoms with E-state index in [-0.39, 0.29) is 5.92 Å². The van der Waals surface area contributed by atoms with Crippen LogP contribution in [-0.4, -0.2) is 21.7 Å². The largest absolute Gasteiger partial charge is 0.478 e. The summed E-state index contributed by atoms with van der Waals surface area (Å²) in [5.41, 5.74) is 5.56. The molecule has 2 N–H and O–H groups in total. The minimum atomic E-state index is -1.27. The second kappa shape index (κ2) is 10.5. The molecule has 38 heavy (non-hydrogen) atoms. The van der Waals surface area contributed by atoms with Crippen molar-refractivity contribution in [1.82, 2.24) is 4.98 Å². The smallest absolute Gasteiger partial charge is 0.350 e. The van der Waals surface area contributed by atoms with E-state index < -0.39 is 11.6 Å². The zero-order valence-corrected chi connectivity index (χ0v) is 21.8. The minimum absolute atomic E-state index is 0.139. The van der Waals surface area contributed by atoms with Crippen molar-refractivity contribution < 1.29 is 9.90 Å². The third-order valence-electron chi connectivity index (χ3n) is 7.58. The Morgan fingerprint density at radius 1 is 1.05 bits per heavy atom. The van der Waals surface area contributed by atoms with Crippen molar-refractivity contribution in [3.63, 3.8) is 0 Å². The normalized spacial score (nSPS) is 17.0. The molecule has 0 amide bonds. The van der Waals surface area contributed by atoms with Crippen molar-refractivity contribution in [3.8, 4) is 6.07 Å². The summed E-state index contributed by atoms with van der Waals surface area (Å²) in [6.07, 6.45) is 4.61. The number of hydrogen-bond acceptors (Lipinski definition) is 5. The van der Waals surface area contributed by atoms with E-state index >= 15 is 0 Å². The van der Waals surface area contributed by atoms with Gasteiger partial charge in [-0.05, 0) is 41.2 Å². The number of carboxylic acids is 1. The lowest BCUT2D eigenvalue weighted by atomic mass is 9.88. The summed E-state index contributed by atoms with van der Waals surface area (Å²) in [5.74, 6) is -1.02. The molecule has 1 aromatic heterocycles. The van der Waals surface area contributed by atoms with Gasteiger partial charge in [0, 0.05) is 17.8 Å². The molecule has 2 heterocycles. The van der Waals surface area contributed by atoms with Gasteiger partial charge >= 0.3 is 5.97 Å². The first-order valence-corrected chi connectivity index (χ1v) is 13.2. The lowest BCUT2D eigenvalue weighted by Crippen LogP contribution is -2.61. The predicted molar refractivity (Wildman–Crippen MR) is 151 cm³/mol. The van der Waals surface area contributed by atoms with Crippen LogP contribution < -0.4 is 10.2 Å². The first-order valence-electron chi connectivity index (χ1n) is 13.2. The molecule has 6 nitrogen and oxygen atoms in total. The quantitative estimate of drug-likeness (QED) is 0.269. The van der Waals surface area contributed by atoms with Crippen LogP contribution in [0.3, 0.4) is 0 Å². The zero-order valence-electron chi connectivity index (χ0n) is 21.8. The van der Waals surface area contributed by atoms with Crippen LogP contribution in [0.15, 0.2) is 79.0 Å². The van der Waals surface area contributed by atoms with Gasteiger partial charge in [-0.2, -0.15) is 5.26 Å². The van der Waals surface area contributed by atoms with Gasteiger partial charge in [-0.3, -0.25) is 4.98 Å². The number of hydrogen-bond donors (Lipinski definition) is 2. The Morgan fingerprint density at radius 2 is 1.76 bits per heavy atom. The fourth-order valence-corrected chi connectivity index (χ4v) is 5.65. The Morgan fingerprint density at radius 3 is 2.45 bits per heavy atom. The van der Waals surface area contributed by atoms with Crippen LogP contribution in [0.2, 0.25) is 0 Å². The predicted octanol–water partition coefficient (Wildman–Crippen LogP) is 6.54. The fourth-order valence-electron chi connectivity index (χ4n) is 5.65. The van der Waals surface area contributed by atoms with E-state index in [2.05, 4.69) is 48.6 Å². The Balaban J connectivity index is 1.56. The second-order valence-electron chi connectivity index (χ2n) is 10.2. The van der Waals surface area contributed by atoms with Crippen LogP contribution in [0.5, 0.6) is 0 Å². The Hall–Kier alpha value is -4.37. The monoisotopic (exact) mass is 504 g/mol. The van der Waals surface area contributed by atoms with Gasteiger partial charge in [-0.15, -0.1) is 0 Å². The number of carbonyl (C=O) groups is 1. The lowest BCUT2D eigenvalue weighted by molar-refractivity contribution is -0.144. The average Bonchev–Trinajstić information content (AvgIpc) is 3.26. The van der Waals surface area contributed by atoms with Crippen molar-refractivity contribution in [3.05, 3.63) is 101 Å². The summed E-state index contributed by atoms with van der Waals surface area (Å²) in [5, 5.41) is 23.9. The summed E-state index contributed by atoms with van der Waals surface area (Å²) in [7, 11) is 0. The molecule has 2 atom stereocenters. The number of carboxylic acid groups (broad SMARTS) is 1. The van der Waals surface area contributed by atoms with Crippen LogP contribution in [-0.2, 0) is 24.2 Å². The zero-order chi connectivity index (χ0) is 26.7. The fraction of sp³-hybridized carbons (Fsp3) is 0.281. The molecule has 0 saturated carbocycles. The molecule has 3 aromatic carbocycles. The first kappa shape index (κ1) is 25.3. The lowest BCUT2D eigenvalue weighted by Gasteiger charge is -2.41. The summed E-state index contributed by atoms with van der Waals surface area (Å²) >= 11 is 0. The van der Waals surface area contributed by atoms with E-state index in [9.17, 15) is 9.90 Å². The number of pyridine rings is 1. The summed E-state index contributed by atoms with van der Waals surface area (Å²) in [6.45, 7) is 4.58. The molecule has 5 rings (SSSR count). The molecule has 0 fully saturated rings. The number of nitrogens with zero attached hydrogens (tertiary/aromatic N) is 3. The number of nitriles is 1. The standard InChI is InChI=1S/C32H32N4O2/c1-3-7-22(2)32(31(37)38)35-29-20-34-28-19-26(18-24-12-10-23(11-13-24)16-17-33)14-15-27(28)30(29)36(32)21-25-8-5-4-6-9-25/h4-6,8-15,19-20,22,35H,3,7,16,18,21H2,1-2H3,(H,37,38). The van der Waals surface area contributed by atoms with Gasteiger partial charge < -0.3 is 15.3 Å². The number of benzene rings is 3. The third-order valence-corrected chi connectivity index (χ3v) is 7.58. The highest BCUT2D eigenvalue weighted by atomic mass is 16.4. The molecule has 1 aliphatic heterocycles. The van der Waals surface area contributed by atoms with Gasteiger partial charge in [0.2, 0.25) is 5.66 Å². The number of anilines is 2. The van der Waals surface area contributed by atoms with Gasteiger partial charge in [0.05, 0.1) is 35.6 Å². The van der Waals surface area contributed by atoms with Crippen LogP contribution in [0.1, 0.15) is 48.9 Å². The van der Waals surface area contributed by atoms with Crippen molar-refractivity contribution in [2.45, 2.75) is 51.7 Å². The third kappa shape index (κ3) is 4.56. The van der Waals surface area contributed by atoms with Gasteiger partial charge in [0.1, 0.15) is 0 Å². The topological polar surface area (TPSA) is 89.2 Å². The highest BCUT2D eigenvalue weighted by Crippen LogP contribution is 2.48. The number of aliphatic carboxylic acids is 1. The summed E-state index contributed by atoms with van der Waals surface area (Å²) in [6, 6.07) is 26.6. The Kier molecular flexibility index (Phi) is 7.02. The molecule has 1 aliphatic rings. The highest BCUT2D eigenvalue weighted by Gasteiger charge is 2.54. The minimum Gasteiger partial charge on any atom is -0.478 e. The van der Waals surface area contributed by atoms with Gasteiger partial charge in [-0.1, -0.05) is 87.0 Å². The number of aromatic nitrogens is 1. The number of nitrogens with one attached hydrogen (secondary N) is 1. The van der Waals surface area contributed by atoms with Gasteiger partial charge in [-0.25, -0.2) is 4.79 Å². The number of rotatable bonds is 9. The maximum absolute atomic E-state index is 13.0. The average molecular weight is 505 g/mol. The van der Waals surface area contributed by atoms with Crippen LogP contribution in [0.25, 0.3) is 10.9 Å². The van der Waals surface area contributed by atoms with Crippen molar-refractivity contribution in [1.29, 1.82) is 5.26 Å². The van der Waals surface area contributed by atoms with Crippen LogP contribution in [0, 0.1) is 17.2 Å². The van der Waals surface area contributed by atoms with Crippen LogP contribution in [0.4, 0.5) is 11.4 Å². The molecule has 192 valence electrons. The van der Waals surface area contributed by atoms with Gasteiger partial charge in [0.25, 0.3) is 0 Å². The van der Waals surface area contributed by atoms with Gasteiger partial charge in [0.15, 0.2) is 0 Å². The Labute approximate surface area is 223 Å². The van der Waals surface area contributed by atoms with Crippen LogP contribution >= 0.6 is 0 Å². The van der Waals surface area contributed by atoms with E-state index in [4.69, 9.17) is 10.2 Å². The number of fused-ring (bicyclic) bond motifs is 3. The molecule has 4 aromatic rings. The van der Waals surface area contributed by atoms with Crippen molar-refractivity contribution in [2.75, 3.05) is 10.2 Å².